The van der Waals surface area contributed by atoms with E-state index in [1.165, 1.54) is 23.9 Å². The smallest absolute Gasteiger partial charge is 0.379 e. The van der Waals surface area contributed by atoms with Crippen LogP contribution in [0.3, 0.4) is 0 Å². The Balaban J connectivity index is 1.59. The highest BCUT2D eigenvalue weighted by molar-refractivity contribution is 8.16. The molecule has 1 N–H and O–H groups in total. The highest BCUT2D eigenvalue weighted by atomic mass is 32.2. The molecule has 12 heteroatoms. The van der Waals surface area contributed by atoms with Crippen molar-refractivity contribution in [1.82, 2.24) is 20.0 Å². The average Bonchev–Trinajstić information content (AvgIpc) is 3.30. The Morgan fingerprint density at radius 2 is 1.82 bits per heavy atom. The second kappa shape index (κ2) is 12.6. The van der Waals surface area contributed by atoms with Gasteiger partial charge in [0, 0.05) is 45.0 Å². The van der Waals surface area contributed by atoms with Crippen LogP contribution in [0.1, 0.15) is 44.4 Å². The molecule has 0 aromatic heterocycles. The summed E-state index contributed by atoms with van der Waals surface area (Å²) in [5.74, 6) is -0.401. The van der Waals surface area contributed by atoms with Crippen molar-refractivity contribution in [3.63, 3.8) is 0 Å². The number of halogens is 3. The van der Waals surface area contributed by atoms with Crippen molar-refractivity contribution in [3.8, 4) is 0 Å². The lowest BCUT2D eigenvalue weighted by atomic mass is 9.92. The number of nitrogens with one attached hydrogen (secondary N) is 1. The van der Waals surface area contributed by atoms with Gasteiger partial charge in [-0.2, -0.15) is 13.2 Å². The molecule has 1 atom stereocenters. The number of ether oxygens (including phenoxy) is 1. The number of thioether (sulfide) groups is 1. The molecule has 8 nitrogen and oxygen atoms in total. The monoisotopic (exact) mass is 565 g/mol. The van der Waals surface area contributed by atoms with E-state index in [1.54, 1.807) is 11.8 Å². The van der Waals surface area contributed by atoms with Crippen LogP contribution >= 0.6 is 11.8 Å². The molecule has 3 heterocycles. The third kappa shape index (κ3) is 6.67. The lowest BCUT2D eigenvalue weighted by Crippen LogP contribution is -2.43. The second-order valence-electron chi connectivity index (χ2n) is 9.47. The number of alkyl halides is 3. The van der Waals surface area contributed by atoms with Crippen molar-refractivity contribution in [2.75, 3.05) is 52.5 Å². The molecule has 1 aromatic carbocycles. The molecule has 0 unspecified atom stereocenters. The fourth-order valence-electron chi connectivity index (χ4n) is 4.90. The van der Waals surface area contributed by atoms with Gasteiger partial charge in [-0.15, -0.1) is 0 Å². The molecule has 1 aromatic rings. The summed E-state index contributed by atoms with van der Waals surface area (Å²) in [6.07, 6.45) is -4.42. The first kappa shape index (κ1) is 29.2. The van der Waals surface area contributed by atoms with Gasteiger partial charge in [-0.05, 0) is 43.9 Å². The summed E-state index contributed by atoms with van der Waals surface area (Å²) in [6.45, 7) is 10.7. The molecule has 212 valence electrons. The van der Waals surface area contributed by atoms with Crippen LogP contribution in [0.4, 0.5) is 13.2 Å². The van der Waals surface area contributed by atoms with Crippen molar-refractivity contribution >= 4 is 28.7 Å². The molecule has 0 saturated carbocycles. The molecule has 1 saturated heterocycles. The number of carbonyl (C=O) groups is 2. The van der Waals surface area contributed by atoms with Gasteiger partial charge in [-0.25, -0.2) is 4.99 Å². The van der Waals surface area contributed by atoms with Crippen LogP contribution in [0.15, 0.2) is 51.6 Å². The lowest BCUT2D eigenvalue weighted by Gasteiger charge is -2.38. The van der Waals surface area contributed by atoms with Gasteiger partial charge in [0.05, 0.1) is 42.5 Å². The fourth-order valence-corrected chi connectivity index (χ4v) is 5.86. The summed E-state index contributed by atoms with van der Waals surface area (Å²) in [6, 6.07) is 4.15. The van der Waals surface area contributed by atoms with Crippen LogP contribution in [0.25, 0.3) is 0 Å². The SMILES string of the molecule is CCN(CC)C(=O)C1=C(C)N=C2SC=C(CC(=O)NCCN3CCOCC3)N2[C@H]1c1ccc(C(F)(F)F)cc1. The van der Waals surface area contributed by atoms with Gasteiger partial charge in [-0.3, -0.25) is 14.5 Å². The Kier molecular flexibility index (Phi) is 9.39. The fraction of sp³-hybridized carbons (Fsp3) is 0.519. The summed E-state index contributed by atoms with van der Waals surface area (Å²) < 4.78 is 45.3. The predicted molar refractivity (Wildman–Crippen MR) is 145 cm³/mol. The van der Waals surface area contributed by atoms with Gasteiger partial charge in [0.2, 0.25) is 5.91 Å². The third-order valence-corrected chi connectivity index (χ3v) is 7.92. The summed E-state index contributed by atoms with van der Waals surface area (Å²) >= 11 is 1.34. The van der Waals surface area contributed by atoms with E-state index in [2.05, 4.69) is 15.2 Å². The van der Waals surface area contributed by atoms with E-state index in [0.29, 0.717) is 60.5 Å². The first-order valence-corrected chi connectivity index (χ1v) is 14.0. The molecule has 0 radical (unpaired) electrons. The van der Waals surface area contributed by atoms with Gasteiger partial charge in [0.15, 0.2) is 5.17 Å². The second-order valence-corrected chi connectivity index (χ2v) is 10.3. The normalized spacial score (nSPS) is 19.9. The van der Waals surface area contributed by atoms with E-state index in [1.807, 2.05) is 24.2 Å². The number of rotatable bonds is 9. The summed E-state index contributed by atoms with van der Waals surface area (Å²) in [5, 5.41) is 5.38. The minimum Gasteiger partial charge on any atom is -0.379 e. The first-order chi connectivity index (χ1) is 18.6. The Hall–Kier alpha value is -2.83. The van der Waals surface area contributed by atoms with Crippen molar-refractivity contribution < 1.29 is 27.5 Å². The number of benzene rings is 1. The maximum absolute atomic E-state index is 13.7. The number of morpholine rings is 1. The molecule has 3 aliphatic rings. The minimum atomic E-state index is -4.47. The minimum absolute atomic E-state index is 0.0536. The van der Waals surface area contributed by atoms with Gasteiger partial charge in [0.1, 0.15) is 0 Å². The van der Waals surface area contributed by atoms with Crippen LogP contribution in [0, 0.1) is 0 Å². The van der Waals surface area contributed by atoms with Gasteiger partial charge < -0.3 is 19.9 Å². The third-order valence-electron chi connectivity index (χ3n) is 7.03. The molecular weight excluding hydrogens is 531 g/mol. The average molecular weight is 566 g/mol. The zero-order valence-corrected chi connectivity index (χ0v) is 23.2. The molecular formula is C27H34F3N5O3S. The van der Waals surface area contributed by atoms with Crippen molar-refractivity contribution in [1.29, 1.82) is 0 Å². The Labute approximate surface area is 230 Å². The van der Waals surface area contributed by atoms with Crippen molar-refractivity contribution in [2.45, 2.75) is 39.4 Å². The number of amidine groups is 1. The molecule has 1 fully saturated rings. The van der Waals surface area contributed by atoms with E-state index >= 15 is 0 Å². The van der Waals surface area contributed by atoms with E-state index < -0.39 is 17.8 Å². The van der Waals surface area contributed by atoms with E-state index in [0.717, 1.165) is 31.8 Å². The molecule has 0 spiro atoms. The standard InChI is InChI=1S/C27H34F3N5O3S/c1-4-34(5-2)25(37)23-18(3)32-26-35(24(23)19-6-8-20(9-7-19)27(28,29)30)21(17-39-26)16-22(36)31-10-11-33-12-14-38-15-13-33/h6-9,17,24H,4-5,10-16H2,1-3H3,(H,31,36)/t24-/m0/s1. The highest BCUT2D eigenvalue weighted by Crippen LogP contribution is 2.45. The number of hydrogen-bond acceptors (Lipinski definition) is 7. The summed E-state index contributed by atoms with van der Waals surface area (Å²) in [4.78, 5) is 37.0. The quantitative estimate of drug-likeness (QED) is 0.488. The lowest BCUT2D eigenvalue weighted by molar-refractivity contribution is -0.137. The number of hydrogen-bond donors (Lipinski definition) is 1. The van der Waals surface area contributed by atoms with Crippen LogP contribution in [0.5, 0.6) is 0 Å². The Bertz CT molecular complexity index is 1160. The number of carbonyl (C=O) groups excluding carboxylic acids is 2. The topological polar surface area (TPSA) is 77.5 Å². The highest BCUT2D eigenvalue weighted by Gasteiger charge is 2.41. The van der Waals surface area contributed by atoms with E-state index in [4.69, 9.17) is 4.74 Å². The van der Waals surface area contributed by atoms with Crippen molar-refractivity contribution in [2.24, 2.45) is 4.99 Å². The first-order valence-electron chi connectivity index (χ1n) is 13.1. The number of likely N-dealkylation sites (N-methyl/N-ethyl adjacent to an activating group) is 1. The van der Waals surface area contributed by atoms with Crippen LogP contribution < -0.4 is 5.32 Å². The number of fused-ring (bicyclic) bond motifs is 1. The molecule has 2 amide bonds. The summed E-state index contributed by atoms with van der Waals surface area (Å²) in [7, 11) is 0. The Morgan fingerprint density at radius 1 is 1.15 bits per heavy atom. The zero-order chi connectivity index (χ0) is 28.2. The van der Waals surface area contributed by atoms with Crippen molar-refractivity contribution in [3.05, 3.63) is 57.8 Å². The van der Waals surface area contributed by atoms with Gasteiger partial charge in [-0.1, -0.05) is 23.9 Å². The van der Waals surface area contributed by atoms with E-state index in [9.17, 15) is 22.8 Å². The van der Waals surface area contributed by atoms with Crippen LogP contribution in [-0.2, 0) is 20.5 Å². The number of amides is 2. The number of aliphatic imine (C=N–C) groups is 1. The van der Waals surface area contributed by atoms with Crippen LogP contribution in [0.2, 0.25) is 0 Å². The maximum atomic E-state index is 13.7. The molecule has 3 aliphatic heterocycles. The zero-order valence-electron chi connectivity index (χ0n) is 22.4. The maximum Gasteiger partial charge on any atom is 0.416 e. The Morgan fingerprint density at radius 3 is 2.44 bits per heavy atom. The van der Waals surface area contributed by atoms with Gasteiger partial charge >= 0.3 is 6.18 Å². The number of nitrogens with zero attached hydrogens (tertiary/aromatic N) is 4. The largest absolute Gasteiger partial charge is 0.416 e. The molecule has 39 heavy (non-hydrogen) atoms. The van der Waals surface area contributed by atoms with Gasteiger partial charge in [0.25, 0.3) is 5.91 Å². The summed E-state index contributed by atoms with van der Waals surface area (Å²) in [5.41, 5.74) is 1.30. The molecule has 4 rings (SSSR count). The predicted octanol–water partition coefficient (Wildman–Crippen LogP) is 3.99. The van der Waals surface area contributed by atoms with Crippen LogP contribution in [-0.4, -0.2) is 84.2 Å². The van der Waals surface area contributed by atoms with E-state index in [-0.39, 0.29) is 18.2 Å². The molecule has 0 aliphatic carbocycles. The number of allylic oxidation sites excluding steroid dienone is 1. The molecule has 0 bridgehead atoms.